The molecule has 3 aliphatic carbocycles. The summed E-state index contributed by atoms with van der Waals surface area (Å²) in [6, 6.07) is 0. The zero-order valence-corrected chi connectivity index (χ0v) is 19.5. The smallest absolute Gasteiger partial charge is 0.308 e. The van der Waals surface area contributed by atoms with Crippen LogP contribution in [0.15, 0.2) is 0 Å². The molecule has 0 radical (unpaired) electrons. The van der Waals surface area contributed by atoms with Crippen molar-refractivity contribution in [2.24, 2.45) is 35.5 Å². The van der Waals surface area contributed by atoms with Gasteiger partial charge in [0.25, 0.3) is 0 Å². The summed E-state index contributed by atoms with van der Waals surface area (Å²) in [4.78, 5) is 12.6. The first-order valence-corrected chi connectivity index (χ1v) is 13.3. The Morgan fingerprint density at radius 2 is 1.45 bits per heavy atom. The number of unbranched alkanes of at least 4 members (excludes halogenated alkanes) is 2. The number of esters is 1. The molecule has 2 heteroatoms. The third kappa shape index (κ3) is 7.28. The van der Waals surface area contributed by atoms with Crippen LogP contribution in [0.25, 0.3) is 0 Å². The van der Waals surface area contributed by atoms with Crippen LogP contribution >= 0.6 is 0 Å². The zero-order valence-electron chi connectivity index (χ0n) is 19.5. The number of ether oxygens (including phenoxy) is 1. The first-order chi connectivity index (χ1) is 14.2. The van der Waals surface area contributed by atoms with Crippen molar-refractivity contribution in [3.63, 3.8) is 0 Å². The second-order valence-electron chi connectivity index (χ2n) is 10.9. The number of hydrogen-bond acceptors (Lipinski definition) is 2. The molecule has 29 heavy (non-hydrogen) atoms. The lowest BCUT2D eigenvalue weighted by atomic mass is 9.68. The molecule has 168 valence electrons. The Morgan fingerprint density at radius 3 is 2.07 bits per heavy atom. The summed E-state index contributed by atoms with van der Waals surface area (Å²) in [6.45, 7) is 5.25. The average molecular weight is 405 g/mol. The highest BCUT2D eigenvalue weighted by Crippen LogP contribution is 2.42. The van der Waals surface area contributed by atoms with Crippen LogP contribution in [0, 0.1) is 35.5 Å². The Labute approximate surface area is 180 Å². The molecule has 0 N–H and O–H groups in total. The van der Waals surface area contributed by atoms with Crippen LogP contribution in [0.4, 0.5) is 0 Å². The highest BCUT2D eigenvalue weighted by Gasteiger charge is 2.33. The summed E-state index contributed by atoms with van der Waals surface area (Å²) in [5.41, 5.74) is 0. The maximum atomic E-state index is 12.6. The van der Waals surface area contributed by atoms with Crippen molar-refractivity contribution in [3.05, 3.63) is 0 Å². The molecule has 0 spiro atoms. The summed E-state index contributed by atoms with van der Waals surface area (Å²) in [5.74, 6) is 4.47. The van der Waals surface area contributed by atoms with Crippen LogP contribution in [-0.4, -0.2) is 12.6 Å². The van der Waals surface area contributed by atoms with Gasteiger partial charge in [-0.2, -0.15) is 0 Å². The van der Waals surface area contributed by atoms with Crippen molar-refractivity contribution >= 4 is 5.97 Å². The third-order valence-electron chi connectivity index (χ3n) is 8.82. The van der Waals surface area contributed by atoms with Crippen LogP contribution in [0.3, 0.4) is 0 Å². The molecule has 3 rings (SSSR count). The molecule has 0 amide bonds. The summed E-state index contributed by atoms with van der Waals surface area (Å²) < 4.78 is 5.80. The Bertz CT molecular complexity index is 451. The number of carbonyl (C=O) groups excluding carboxylic acids is 1. The van der Waals surface area contributed by atoms with Gasteiger partial charge in [-0.25, -0.2) is 0 Å². The number of carbonyl (C=O) groups is 1. The van der Waals surface area contributed by atoms with Crippen LogP contribution in [0.2, 0.25) is 0 Å². The molecule has 0 aromatic carbocycles. The van der Waals surface area contributed by atoms with E-state index in [9.17, 15) is 4.79 Å². The van der Waals surface area contributed by atoms with Gasteiger partial charge < -0.3 is 4.74 Å². The summed E-state index contributed by atoms with van der Waals surface area (Å²) in [5, 5.41) is 0. The molecule has 0 aromatic heterocycles. The van der Waals surface area contributed by atoms with Crippen LogP contribution < -0.4 is 0 Å². The molecule has 0 aromatic rings. The van der Waals surface area contributed by atoms with E-state index in [2.05, 4.69) is 13.8 Å². The SMILES string of the molecule is CCCCCC1CCC(C2CCC(C(=O)OCC(C)C3CCCCC3)CC2)CC1. The summed E-state index contributed by atoms with van der Waals surface area (Å²) in [6.07, 6.45) is 23.0. The van der Waals surface area contributed by atoms with E-state index in [1.165, 1.54) is 96.3 Å². The van der Waals surface area contributed by atoms with E-state index in [0.717, 1.165) is 36.5 Å². The quantitative estimate of drug-likeness (QED) is 0.288. The van der Waals surface area contributed by atoms with Gasteiger partial charge in [-0.05, 0) is 68.1 Å². The lowest BCUT2D eigenvalue weighted by Crippen LogP contribution is -2.30. The van der Waals surface area contributed by atoms with E-state index < -0.39 is 0 Å². The predicted octanol–water partition coefficient (Wildman–Crippen LogP) is 7.94. The molecule has 0 heterocycles. The van der Waals surface area contributed by atoms with E-state index in [4.69, 9.17) is 4.74 Å². The van der Waals surface area contributed by atoms with Gasteiger partial charge in [0.2, 0.25) is 0 Å². The Morgan fingerprint density at radius 1 is 0.828 bits per heavy atom. The van der Waals surface area contributed by atoms with Crippen molar-refractivity contribution in [2.75, 3.05) is 6.61 Å². The number of rotatable bonds is 9. The molecule has 3 aliphatic rings. The molecule has 1 atom stereocenters. The monoisotopic (exact) mass is 404 g/mol. The van der Waals surface area contributed by atoms with E-state index in [1.807, 2.05) is 0 Å². The van der Waals surface area contributed by atoms with Gasteiger partial charge in [-0.15, -0.1) is 0 Å². The van der Waals surface area contributed by atoms with E-state index >= 15 is 0 Å². The third-order valence-corrected chi connectivity index (χ3v) is 8.82. The zero-order chi connectivity index (χ0) is 20.5. The van der Waals surface area contributed by atoms with Crippen molar-refractivity contribution in [2.45, 2.75) is 123 Å². The molecule has 0 aliphatic heterocycles. The highest BCUT2D eigenvalue weighted by atomic mass is 16.5. The van der Waals surface area contributed by atoms with Crippen molar-refractivity contribution < 1.29 is 9.53 Å². The minimum atomic E-state index is 0.116. The standard InChI is InChI=1S/C27H48O2/c1-3-4-6-9-22-12-14-24(15-13-22)25-16-18-26(19-17-25)27(28)29-20-21(2)23-10-7-5-8-11-23/h21-26H,3-20H2,1-2H3. The van der Waals surface area contributed by atoms with E-state index in [0.29, 0.717) is 12.5 Å². The largest absolute Gasteiger partial charge is 0.465 e. The first-order valence-electron chi connectivity index (χ1n) is 13.3. The van der Waals surface area contributed by atoms with Crippen molar-refractivity contribution in [3.8, 4) is 0 Å². The molecule has 0 saturated heterocycles. The molecule has 1 unspecified atom stereocenters. The first kappa shape index (κ1) is 23.1. The molecule has 3 saturated carbocycles. The molecule has 0 bridgehead atoms. The summed E-state index contributed by atoms with van der Waals surface area (Å²) in [7, 11) is 0. The van der Waals surface area contributed by atoms with Gasteiger partial charge in [-0.3, -0.25) is 4.79 Å². The van der Waals surface area contributed by atoms with Gasteiger partial charge in [0.1, 0.15) is 0 Å². The minimum Gasteiger partial charge on any atom is -0.465 e. The molecule has 3 fully saturated rings. The lowest BCUT2D eigenvalue weighted by molar-refractivity contribution is -0.152. The average Bonchev–Trinajstić information content (AvgIpc) is 2.78. The van der Waals surface area contributed by atoms with Crippen LogP contribution in [0.1, 0.15) is 123 Å². The Balaban J connectivity index is 1.30. The normalized spacial score (nSPS) is 32.6. The van der Waals surface area contributed by atoms with Crippen LogP contribution in [0.5, 0.6) is 0 Å². The number of hydrogen-bond donors (Lipinski definition) is 0. The van der Waals surface area contributed by atoms with Gasteiger partial charge in [-0.1, -0.05) is 84.5 Å². The molecule has 2 nitrogen and oxygen atoms in total. The van der Waals surface area contributed by atoms with E-state index in [-0.39, 0.29) is 11.9 Å². The summed E-state index contributed by atoms with van der Waals surface area (Å²) >= 11 is 0. The second-order valence-corrected chi connectivity index (χ2v) is 10.9. The fourth-order valence-electron chi connectivity index (χ4n) is 6.63. The van der Waals surface area contributed by atoms with Gasteiger partial charge >= 0.3 is 5.97 Å². The van der Waals surface area contributed by atoms with Gasteiger partial charge in [0, 0.05) is 0 Å². The molecular weight excluding hydrogens is 356 g/mol. The Hall–Kier alpha value is -0.530. The maximum Gasteiger partial charge on any atom is 0.308 e. The van der Waals surface area contributed by atoms with Crippen molar-refractivity contribution in [1.29, 1.82) is 0 Å². The van der Waals surface area contributed by atoms with Gasteiger partial charge in [0.15, 0.2) is 0 Å². The Kier molecular flexibility index (Phi) is 9.86. The second kappa shape index (κ2) is 12.4. The topological polar surface area (TPSA) is 26.3 Å². The lowest BCUT2D eigenvalue weighted by Gasteiger charge is -2.37. The van der Waals surface area contributed by atoms with Crippen molar-refractivity contribution in [1.82, 2.24) is 0 Å². The highest BCUT2D eigenvalue weighted by molar-refractivity contribution is 5.72. The minimum absolute atomic E-state index is 0.116. The van der Waals surface area contributed by atoms with Crippen LogP contribution in [-0.2, 0) is 9.53 Å². The fraction of sp³-hybridized carbons (Fsp3) is 0.963. The predicted molar refractivity (Wildman–Crippen MR) is 122 cm³/mol. The van der Waals surface area contributed by atoms with Gasteiger partial charge in [0.05, 0.1) is 12.5 Å². The molecular formula is C27H48O2. The van der Waals surface area contributed by atoms with E-state index in [1.54, 1.807) is 0 Å². The maximum absolute atomic E-state index is 12.6. The fourth-order valence-corrected chi connectivity index (χ4v) is 6.63.